The van der Waals surface area contributed by atoms with Crippen LogP contribution in [0.25, 0.3) is 0 Å². The molecular formula is C24H29F2N5O4. The Hall–Kier alpha value is -3.26. The van der Waals surface area contributed by atoms with Gasteiger partial charge in [0, 0.05) is 31.4 Å². The van der Waals surface area contributed by atoms with E-state index in [0.717, 1.165) is 18.2 Å². The van der Waals surface area contributed by atoms with Crippen molar-refractivity contribution in [3.05, 3.63) is 29.8 Å². The van der Waals surface area contributed by atoms with E-state index in [9.17, 15) is 28.4 Å². The molecule has 3 amide bonds. The summed E-state index contributed by atoms with van der Waals surface area (Å²) >= 11 is 0. The minimum Gasteiger partial charge on any atom is -0.444 e. The van der Waals surface area contributed by atoms with E-state index in [1.165, 1.54) is 9.80 Å². The van der Waals surface area contributed by atoms with Gasteiger partial charge in [0.05, 0.1) is 18.2 Å². The first kappa shape index (κ1) is 24.9. The molecule has 35 heavy (non-hydrogen) atoms. The van der Waals surface area contributed by atoms with Crippen molar-refractivity contribution in [2.75, 3.05) is 24.5 Å². The van der Waals surface area contributed by atoms with Gasteiger partial charge >= 0.3 is 6.09 Å². The van der Waals surface area contributed by atoms with Crippen molar-refractivity contribution in [3.8, 4) is 6.07 Å². The van der Waals surface area contributed by atoms with Gasteiger partial charge in [-0.2, -0.15) is 5.26 Å². The number of carbonyl (C=O) groups excluding carboxylic acids is 3. The average molecular weight is 490 g/mol. The van der Waals surface area contributed by atoms with Crippen molar-refractivity contribution in [1.82, 2.24) is 15.1 Å². The van der Waals surface area contributed by atoms with Gasteiger partial charge in [-0.05, 0) is 52.2 Å². The molecule has 3 heterocycles. The fourth-order valence-electron chi connectivity index (χ4n) is 5.12. The Labute approximate surface area is 202 Å². The highest BCUT2D eigenvalue weighted by Gasteiger charge is 2.51. The van der Waals surface area contributed by atoms with Gasteiger partial charge in [-0.15, -0.1) is 0 Å². The van der Waals surface area contributed by atoms with Crippen molar-refractivity contribution in [2.45, 2.75) is 69.8 Å². The number of likely N-dealkylation sites (tertiary alicyclic amines) is 2. The molecule has 0 unspecified atom stereocenters. The number of carbonyl (C=O) groups is 3. The number of anilines is 1. The average Bonchev–Trinajstić information content (AvgIpc) is 3.44. The van der Waals surface area contributed by atoms with Crippen molar-refractivity contribution in [1.29, 1.82) is 5.26 Å². The van der Waals surface area contributed by atoms with Crippen LogP contribution >= 0.6 is 0 Å². The van der Waals surface area contributed by atoms with Crippen LogP contribution in [0.5, 0.6) is 0 Å². The summed E-state index contributed by atoms with van der Waals surface area (Å²) in [7, 11) is 0. The Morgan fingerprint density at radius 3 is 2.54 bits per heavy atom. The van der Waals surface area contributed by atoms with Crippen LogP contribution in [0.1, 0.15) is 40.0 Å². The molecule has 11 heteroatoms. The first-order valence-corrected chi connectivity index (χ1v) is 11.7. The summed E-state index contributed by atoms with van der Waals surface area (Å²) in [6.45, 7) is 5.95. The minimum atomic E-state index is -1.02. The molecule has 3 aliphatic heterocycles. The van der Waals surface area contributed by atoms with Gasteiger partial charge in [-0.3, -0.25) is 14.5 Å². The summed E-state index contributed by atoms with van der Waals surface area (Å²) in [5.74, 6) is -2.25. The SMILES string of the molecule is CC(C)(C)OC(=O)N[C@@H](CN1C[C@@H]2C[C@H]1C(=O)N2c1cc(F)cc(F)c1)C(=O)N1CCC[C@H]1C#N. The number of ether oxygens (including phenoxy) is 1. The smallest absolute Gasteiger partial charge is 0.408 e. The number of hydrogen-bond donors (Lipinski definition) is 1. The molecule has 3 aliphatic rings. The van der Waals surface area contributed by atoms with Crippen molar-refractivity contribution in [3.63, 3.8) is 0 Å². The number of piperazine rings is 1. The van der Waals surface area contributed by atoms with E-state index in [1.807, 2.05) is 0 Å². The molecule has 4 atom stereocenters. The second-order valence-corrected chi connectivity index (χ2v) is 10.2. The van der Waals surface area contributed by atoms with Crippen molar-refractivity contribution < 1.29 is 27.9 Å². The summed E-state index contributed by atoms with van der Waals surface area (Å²) in [6, 6.07) is 2.63. The lowest BCUT2D eigenvalue weighted by Crippen LogP contribution is -2.59. The molecule has 0 radical (unpaired) electrons. The number of alkyl carbamates (subject to hydrolysis) is 1. The van der Waals surface area contributed by atoms with Gasteiger partial charge in [0.25, 0.3) is 0 Å². The summed E-state index contributed by atoms with van der Waals surface area (Å²) < 4.78 is 32.8. The van der Waals surface area contributed by atoms with E-state index >= 15 is 0 Å². The van der Waals surface area contributed by atoms with Gasteiger partial charge in [0.15, 0.2) is 0 Å². The van der Waals surface area contributed by atoms with Crippen molar-refractivity contribution in [2.24, 2.45) is 0 Å². The Balaban J connectivity index is 1.50. The first-order chi connectivity index (χ1) is 16.5. The lowest BCUT2D eigenvalue weighted by Gasteiger charge is -2.36. The molecule has 0 aromatic heterocycles. The molecule has 0 spiro atoms. The fourth-order valence-corrected chi connectivity index (χ4v) is 5.12. The standard InChI is InChI=1S/C24H29F2N5O4/c1-24(2,3)35-23(34)28-19(21(32)30-6-4-5-16(30)11-27)13-29-12-18-10-20(29)22(33)31(18)17-8-14(25)7-15(26)9-17/h7-9,16,18-20H,4-6,10,12-13H2,1-3H3,(H,28,34)/t16-,18-,19-,20-/m0/s1. The van der Waals surface area contributed by atoms with Crippen LogP contribution < -0.4 is 10.2 Å². The van der Waals surface area contributed by atoms with E-state index in [-0.39, 0.29) is 24.2 Å². The number of nitriles is 1. The van der Waals surface area contributed by atoms with Crippen LogP contribution in [0.15, 0.2) is 18.2 Å². The summed E-state index contributed by atoms with van der Waals surface area (Å²) in [4.78, 5) is 43.6. The van der Waals surface area contributed by atoms with Crippen LogP contribution in [0.4, 0.5) is 19.3 Å². The maximum Gasteiger partial charge on any atom is 0.408 e. The minimum absolute atomic E-state index is 0.0466. The zero-order chi connectivity index (χ0) is 25.5. The lowest BCUT2D eigenvalue weighted by atomic mass is 10.1. The summed E-state index contributed by atoms with van der Waals surface area (Å²) in [6.07, 6.45) is 0.924. The first-order valence-electron chi connectivity index (χ1n) is 11.7. The Kier molecular flexibility index (Phi) is 6.68. The molecule has 4 rings (SSSR count). The predicted molar refractivity (Wildman–Crippen MR) is 121 cm³/mol. The highest BCUT2D eigenvalue weighted by Crippen LogP contribution is 2.36. The van der Waals surface area contributed by atoms with Crippen LogP contribution in [-0.4, -0.2) is 77.1 Å². The van der Waals surface area contributed by atoms with E-state index in [1.54, 1.807) is 25.7 Å². The van der Waals surface area contributed by atoms with Gasteiger partial charge in [-0.25, -0.2) is 13.6 Å². The topological polar surface area (TPSA) is 106 Å². The van der Waals surface area contributed by atoms with E-state index < -0.39 is 47.4 Å². The monoisotopic (exact) mass is 489 g/mol. The molecular weight excluding hydrogens is 460 g/mol. The molecule has 188 valence electrons. The number of nitrogens with zero attached hydrogens (tertiary/aromatic N) is 4. The number of fused-ring (bicyclic) bond motifs is 2. The normalized spacial score (nSPS) is 25.0. The number of halogens is 2. The Morgan fingerprint density at radius 1 is 1.26 bits per heavy atom. The lowest BCUT2D eigenvalue weighted by molar-refractivity contribution is -0.135. The van der Waals surface area contributed by atoms with Gasteiger partial charge in [-0.1, -0.05) is 0 Å². The number of nitrogens with one attached hydrogen (secondary N) is 1. The van der Waals surface area contributed by atoms with E-state index in [0.29, 0.717) is 32.4 Å². The maximum atomic E-state index is 13.7. The zero-order valence-corrected chi connectivity index (χ0v) is 20.0. The fraction of sp³-hybridized carbons (Fsp3) is 0.583. The maximum absolute atomic E-state index is 13.7. The summed E-state index contributed by atoms with van der Waals surface area (Å²) in [5.41, 5.74) is -0.614. The van der Waals surface area contributed by atoms with Crippen LogP contribution in [0, 0.1) is 23.0 Å². The highest BCUT2D eigenvalue weighted by atomic mass is 19.1. The number of benzene rings is 1. The number of rotatable bonds is 5. The van der Waals surface area contributed by atoms with E-state index in [2.05, 4.69) is 11.4 Å². The third-order valence-electron chi connectivity index (χ3n) is 6.49. The highest BCUT2D eigenvalue weighted by molar-refractivity contribution is 6.01. The van der Waals surface area contributed by atoms with Crippen LogP contribution in [-0.2, 0) is 14.3 Å². The second-order valence-electron chi connectivity index (χ2n) is 10.2. The molecule has 2 bridgehead atoms. The predicted octanol–water partition coefficient (Wildman–Crippen LogP) is 2.16. The molecule has 1 aromatic carbocycles. The quantitative estimate of drug-likeness (QED) is 0.680. The van der Waals surface area contributed by atoms with E-state index in [4.69, 9.17) is 4.74 Å². The third kappa shape index (κ3) is 5.22. The molecule has 1 N–H and O–H groups in total. The Morgan fingerprint density at radius 2 is 1.94 bits per heavy atom. The molecule has 3 fully saturated rings. The largest absolute Gasteiger partial charge is 0.444 e. The van der Waals surface area contributed by atoms with Crippen LogP contribution in [0.3, 0.4) is 0 Å². The molecule has 0 saturated carbocycles. The van der Waals surface area contributed by atoms with Gasteiger partial charge < -0.3 is 19.9 Å². The van der Waals surface area contributed by atoms with Crippen LogP contribution in [0.2, 0.25) is 0 Å². The van der Waals surface area contributed by atoms with Gasteiger partial charge in [0.2, 0.25) is 11.8 Å². The summed E-state index contributed by atoms with van der Waals surface area (Å²) in [5, 5.41) is 12.0. The Bertz CT molecular complexity index is 1050. The number of amides is 3. The zero-order valence-electron chi connectivity index (χ0n) is 20.0. The third-order valence-corrected chi connectivity index (χ3v) is 6.49. The molecule has 1 aromatic rings. The number of hydrogen-bond acceptors (Lipinski definition) is 6. The second kappa shape index (κ2) is 9.41. The molecule has 9 nitrogen and oxygen atoms in total. The molecule has 0 aliphatic carbocycles. The molecule has 3 saturated heterocycles. The van der Waals surface area contributed by atoms with Crippen molar-refractivity contribution >= 4 is 23.6 Å². The van der Waals surface area contributed by atoms with Gasteiger partial charge in [0.1, 0.15) is 29.3 Å².